The van der Waals surface area contributed by atoms with E-state index in [-0.39, 0.29) is 10.8 Å². The van der Waals surface area contributed by atoms with Crippen LogP contribution in [0.15, 0.2) is 41.8 Å². The van der Waals surface area contributed by atoms with Gasteiger partial charge in [-0.05, 0) is 32.4 Å². The van der Waals surface area contributed by atoms with Crippen molar-refractivity contribution in [1.29, 1.82) is 5.26 Å². The van der Waals surface area contributed by atoms with Crippen molar-refractivity contribution in [3.05, 3.63) is 57.8 Å². The number of nitriles is 1. The molecule has 0 saturated carbocycles. The molecule has 5 heteroatoms. The van der Waals surface area contributed by atoms with Gasteiger partial charge in [-0.3, -0.25) is 0 Å². The molecule has 110 valence electrons. The zero-order chi connectivity index (χ0) is 15.5. The lowest BCUT2D eigenvalue weighted by atomic mass is 10.1. The summed E-state index contributed by atoms with van der Waals surface area (Å²) in [4.78, 5) is 0.996. The van der Waals surface area contributed by atoms with Crippen LogP contribution in [0.4, 0.5) is 0 Å². The highest BCUT2D eigenvalue weighted by Gasteiger charge is 2.25. The second-order valence-corrected chi connectivity index (χ2v) is 8.63. The normalized spacial score (nSPS) is 14.4. The van der Waals surface area contributed by atoms with Gasteiger partial charge in [-0.2, -0.15) is 5.26 Å². The molecule has 0 bridgehead atoms. The number of hydrogen-bond donors (Lipinski definition) is 1. The van der Waals surface area contributed by atoms with Gasteiger partial charge in [0.1, 0.15) is 6.07 Å². The number of nitrogens with zero attached hydrogens (tertiary/aromatic N) is 1. The van der Waals surface area contributed by atoms with Crippen LogP contribution in [0.2, 0.25) is 0 Å². The lowest BCUT2D eigenvalue weighted by Crippen LogP contribution is -2.35. The van der Waals surface area contributed by atoms with E-state index in [0.29, 0.717) is 5.56 Å². The van der Waals surface area contributed by atoms with Gasteiger partial charge in [-0.15, -0.1) is 11.3 Å². The molecule has 0 saturated heterocycles. The quantitative estimate of drug-likeness (QED) is 0.933. The third-order valence-electron chi connectivity index (χ3n) is 2.95. The molecule has 2 rings (SSSR count). The van der Waals surface area contributed by atoms with Crippen LogP contribution in [0.5, 0.6) is 0 Å². The van der Waals surface area contributed by atoms with Crippen LogP contribution in [0.1, 0.15) is 42.8 Å². The fourth-order valence-electron chi connectivity index (χ4n) is 1.78. The first kappa shape index (κ1) is 15.9. The predicted molar refractivity (Wildman–Crippen MR) is 88.4 cm³/mol. The van der Waals surface area contributed by atoms with E-state index in [0.717, 1.165) is 10.4 Å². The van der Waals surface area contributed by atoms with Gasteiger partial charge < -0.3 is 0 Å². The molecular formula is C16H18N2OS2. The summed E-state index contributed by atoms with van der Waals surface area (Å²) in [6.45, 7) is 5.81. The fourth-order valence-corrected chi connectivity index (χ4v) is 3.60. The van der Waals surface area contributed by atoms with Crippen molar-refractivity contribution in [2.45, 2.75) is 31.6 Å². The van der Waals surface area contributed by atoms with Gasteiger partial charge in [0.15, 0.2) is 0 Å². The molecule has 2 atom stereocenters. The molecule has 0 radical (unpaired) electrons. The standard InChI is InChI=1S/C16H18N2OS2/c1-16(2,3)21(19)18-15(13-7-5-4-6-8-13)14-9-12(10-17)11-20-14/h4-9,11,15,18H,1-3H3/t15-,21?/m0/s1. The summed E-state index contributed by atoms with van der Waals surface area (Å²) in [6, 6.07) is 13.7. The average molecular weight is 318 g/mol. The Hall–Kier alpha value is -1.48. The Labute approximate surface area is 132 Å². The van der Waals surface area contributed by atoms with Crippen LogP contribution in [-0.4, -0.2) is 8.96 Å². The molecule has 1 heterocycles. The van der Waals surface area contributed by atoms with Crippen molar-refractivity contribution in [3.8, 4) is 6.07 Å². The van der Waals surface area contributed by atoms with E-state index in [1.165, 1.54) is 11.3 Å². The largest absolute Gasteiger partial charge is 0.242 e. The summed E-state index contributed by atoms with van der Waals surface area (Å²) in [6.07, 6.45) is 0. The van der Waals surface area contributed by atoms with Crippen LogP contribution < -0.4 is 4.72 Å². The topological polar surface area (TPSA) is 52.9 Å². The summed E-state index contributed by atoms with van der Waals surface area (Å²) in [7, 11) is -1.19. The molecule has 1 aromatic heterocycles. The van der Waals surface area contributed by atoms with Gasteiger partial charge in [0.25, 0.3) is 0 Å². The van der Waals surface area contributed by atoms with Crippen molar-refractivity contribution in [1.82, 2.24) is 4.72 Å². The van der Waals surface area contributed by atoms with Crippen LogP contribution in [0.3, 0.4) is 0 Å². The van der Waals surface area contributed by atoms with Crippen LogP contribution in [0, 0.1) is 11.3 Å². The fraction of sp³-hybridized carbons (Fsp3) is 0.312. The second kappa shape index (κ2) is 6.52. The maximum absolute atomic E-state index is 12.4. The lowest BCUT2D eigenvalue weighted by molar-refractivity contribution is 0.625. The zero-order valence-electron chi connectivity index (χ0n) is 12.3. The Balaban J connectivity index is 2.36. The molecule has 0 aliphatic rings. The van der Waals surface area contributed by atoms with Crippen molar-refractivity contribution in [2.75, 3.05) is 0 Å². The molecule has 1 unspecified atom stereocenters. The first-order valence-electron chi connectivity index (χ1n) is 6.63. The maximum Gasteiger partial charge on any atom is 0.100 e. The molecule has 1 N–H and O–H groups in total. The molecule has 0 aliphatic heterocycles. The second-order valence-electron chi connectivity index (χ2n) is 5.69. The van der Waals surface area contributed by atoms with E-state index < -0.39 is 11.0 Å². The maximum atomic E-state index is 12.4. The molecule has 3 nitrogen and oxygen atoms in total. The number of thiophene rings is 1. The minimum Gasteiger partial charge on any atom is -0.242 e. The predicted octanol–water partition coefficient (Wildman–Crippen LogP) is 3.76. The Morgan fingerprint density at radius 1 is 1.29 bits per heavy atom. The molecule has 0 spiro atoms. The summed E-state index contributed by atoms with van der Waals surface area (Å²) >= 11 is 1.51. The van der Waals surface area contributed by atoms with E-state index in [2.05, 4.69) is 10.8 Å². The highest BCUT2D eigenvalue weighted by Crippen LogP contribution is 2.29. The monoisotopic (exact) mass is 318 g/mol. The molecule has 0 fully saturated rings. The number of nitrogens with one attached hydrogen (secondary N) is 1. The van der Waals surface area contributed by atoms with E-state index in [4.69, 9.17) is 5.26 Å². The lowest BCUT2D eigenvalue weighted by Gasteiger charge is -2.24. The summed E-state index contributed by atoms with van der Waals surface area (Å²) in [5, 5.41) is 10.8. The number of hydrogen-bond acceptors (Lipinski definition) is 3. The van der Waals surface area contributed by atoms with Crippen molar-refractivity contribution >= 4 is 22.3 Å². The van der Waals surface area contributed by atoms with Gasteiger partial charge in [-0.25, -0.2) is 8.93 Å². The first-order valence-corrected chi connectivity index (χ1v) is 8.66. The Morgan fingerprint density at radius 2 is 1.95 bits per heavy atom. The zero-order valence-corrected chi connectivity index (χ0v) is 13.9. The minimum atomic E-state index is -1.19. The van der Waals surface area contributed by atoms with E-state index in [1.54, 1.807) is 0 Å². The van der Waals surface area contributed by atoms with Crippen molar-refractivity contribution < 1.29 is 4.21 Å². The smallest absolute Gasteiger partial charge is 0.100 e. The van der Waals surface area contributed by atoms with Gasteiger partial charge in [0, 0.05) is 10.3 Å². The third kappa shape index (κ3) is 4.01. The summed E-state index contributed by atoms with van der Waals surface area (Å²) in [5.74, 6) is 0. The number of rotatable bonds is 4. The first-order chi connectivity index (χ1) is 9.91. The Kier molecular flexibility index (Phi) is 4.94. The van der Waals surface area contributed by atoms with Crippen molar-refractivity contribution in [2.24, 2.45) is 0 Å². The molecule has 21 heavy (non-hydrogen) atoms. The Bertz CT molecular complexity index is 666. The minimum absolute atomic E-state index is 0.168. The number of benzene rings is 1. The van der Waals surface area contributed by atoms with Gasteiger partial charge in [0.2, 0.25) is 0 Å². The third-order valence-corrected chi connectivity index (χ3v) is 5.51. The van der Waals surface area contributed by atoms with Crippen LogP contribution in [0.25, 0.3) is 0 Å². The summed E-state index contributed by atoms with van der Waals surface area (Å²) < 4.78 is 15.3. The highest BCUT2D eigenvalue weighted by molar-refractivity contribution is 7.84. The van der Waals surface area contributed by atoms with Crippen molar-refractivity contribution in [3.63, 3.8) is 0 Å². The average Bonchev–Trinajstić information content (AvgIpc) is 2.93. The Morgan fingerprint density at radius 3 is 2.48 bits per heavy atom. The summed E-state index contributed by atoms with van der Waals surface area (Å²) in [5.41, 5.74) is 1.68. The van der Waals surface area contributed by atoms with Gasteiger partial charge in [-0.1, -0.05) is 30.3 Å². The van der Waals surface area contributed by atoms with E-state index in [1.807, 2.05) is 62.5 Å². The SMILES string of the molecule is CC(C)(C)S(=O)N[C@@H](c1ccccc1)c1cc(C#N)cs1. The molecule has 1 aromatic carbocycles. The van der Waals surface area contributed by atoms with Gasteiger partial charge in [0.05, 0.1) is 27.3 Å². The van der Waals surface area contributed by atoms with Crippen LogP contribution >= 0.6 is 11.3 Å². The molecule has 0 amide bonds. The van der Waals surface area contributed by atoms with E-state index >= 15 is 0 Å². The molecular weight excluding hydrogens is 300 g/mol. The molecule has 0 aliphatic carbocycles. The highest BCUT2D eigenvalue weighted by atomic mass is 32.2. The van der Waals surface area contributed by atoms with Crippen LogP contribution in [-0.2, 0) is 11.0 Å². The van der Waals surface area contributed by atoms with Gasteiger partial charge >= 0.3 is 0 Å². The molecule has 2 aromatic rings. The van der Waals surface area contributed by atoms with E-state index in [9.17, 15) is 4.21 Å².